The van der Waals surface area contributed by atoms with Crippen LogP contribution in [-0.4, -0.2) is 39.8 Å². The van der Waals surface area contributed by atoms with Gasteiger partial charge in [-0.05, 0) is 6.07 Å². The van der Waals surface area contributed by atoms with Crippen molar-refractivity contribution in [2.75, 3.05) is 19.8 Å². The van der Waals surface area contributed by atoms with Crippen LogP contribution in [0.5, 0.6) is 0 Å². The molecule has 1 saturated heterocycles. The number of thiazole rings is 1. The highest BCUT2D eigenvalue weighted by Gasteiger charge is 2.26. The number of hydrogen-bond acceptors (Lipinski definition) is 5. The number of aromatic nitrogens is 3. The summed E-state index contributed by atoms with van der Waals surface area (Å²) in [6, 6.07) is 2.27. The van der Waals surface area contributed by atoms with Crippen LogP contribution >= 0.6 is 11.3 Å². The maximum Gasteiger partial charge on any atom is 0.107 e. The molecule has 1 atom stereocenters. The smallest absolute Gasteiger partial charge is 0.107 e. The molecule has 5 nitrogen and oxygen atoms in total. The fourth-order valence-electron chi connectivity index (χ4n) is 2.07. The average Bonchev–Trinajstić information content (AvgIpc) is 3.01. The van der Waals surface area contributed by atoms with Crippen LogP contribution in [0.2, 0.25) is 0 Å². The van der Waals surface area contributed by atoms with Crippen molar-refractivity contribution in [3.05, 3.63) is 34.5 Å². The number of rotatable bonds is 3. The zero-order valence-corrected chi connectivity index (χ0v) is 10.2. The van der Waals surface area contributed by atoms with Crippen molar-refractivity contribution in [3.63, 3.8) is 0 Å². The van der Waals surface area contributed by atoms with Gasteiger partial charge in [0.15, 0.2) is 0 Å². The van der Waals surface area contributed by atoms with E-state index < -0.39 is 0 Å². The summed E-state index contributed by atoms with van der Waals surface area (Å²) in [6.07, 6.45) is 3.64. The van der Waals surface area contributed by atoms with Gasteiger partial charge in [-0.3, -0.25) is 10.00 Å². The number of H-pyrrole nitrogens is 1. The van der Waals surface area contributed by atoms with Gasteiger partial charge in [0, 0.05) is 24.3 Å². The summed E-state index contributed by atoms with van der Waals surface area (Å²) in [7, 11) is 0. The molecule has 6 heteroatoms. The summed E-state index contributed by atoms with van der Waals surface area (Å²) in [5, 5.41) is 10.2. The molecule has 0 unspecified atom stereocenters. The van der Waals surface area contributed by atoms with Gasteiger partial charge in [-0.2, -0.15) is 5.10 Å². The van der Waals surface area contributed by atoms with E-state index in [9.17, 15) is 0 Å². The number of nitrogens with one attached hydrogen (secondary N) is 1. The molecular weight excluding hydrogens is 236 g/mol. The molecule has 0 spiro atoms. The molecule has 0 aromatic carbocycles. The van der Waals surface area contributed by atoms with Gasteiger partial charge >= 0.3 is 0 Å². The number of hydrogen-bond donors (Lipinski definition) is 1. The largest absolute Gasteiger partial charge is 0.378 e. The highest BCUT2D eigenvalue weighted by atomic mass is 32.1. The Morgan fingerprint density at radius 2 is 2.53 bits per heavy atom. The first-order chi connectivity index (χ1) is 8.43. The predicted molar refractivity (Wildman–Crippen MR) is 64.7 cm³/mol. The summed E-state index contributed by atoms with van der Waals surface area (Å²) in [6.45, 7) is 3.32. The molecular formula is C11H14N4OS. The second-order valence-electron chi connectivity index (χ2n) is 4.00. The van der Waals surface area contributed by atoms with Gasteiger partial charge in [0.1, 0.15) is 5.01 Å². The number of morpholine rings is 1. The molecule has 17 heavy (non-hydrogen) atoms. The van der Waals surface area contributed by atoms with Crippen molar-refractivity contribution < 1.29 is 4.74 Å². The fourth-order valence-corrected chi connectivity index (χ4v) is 2.71. The normalized spacial score (nSPS) is 21.8. The second kappa shape index (κ2) is 4.95. The molecule has 0 aliphatic carbocycles. The quantitative estimate of drug-likeness (QED) is 0.895. The van der Waals surface area contributed by atoms with Crippen LogP contribution in [0.1, 0.15) is 16.7 Å². The minimum atomic E-state index is 0.259. The minimum Gasteiger partial charge on any atom is -0.378 e. The minimum absolute atomic E-state index is 0.259. The van der Waals surface area contributed by atoms with Crippen LogP contribution < -0.4 is 0 Å². The monoisotopic (exact) mass is 250 g/mol. The maximum atomic E-state index is 5.55. The van der Waals surface area contributed by atoms with Crippen molar-refractivity contribution in [2.45, 2.75) is 12.6 Å². The third kappa shape index (κ3) is 2.38. The third-order valence-electron chi connectivity index (χ3n) is 2.94. The summed E-state index contributed by atoms with van der Waals surface area (Å²) < 4.78 is 5.55. The summed E-state index contributed by atoms with van der Waals surface area (Å²) >= 11 is 1.70. The van der Waals surface area contributed by atoms with E-state index >= 15 is 0 Å². The van der Waals surface area contributed by atoms with E-state index in [-0.39, 0.29) is 6.04 Å². The molecule has 2 aromatic rings. The van der Waals surface area contributed by atoms with Crippen molar-refractivity contribution in [1.82, 2.24) is 20.1 Å². The molecule has 2 aromatic heterocycles. The Hall–Kier alpha value is -1.24. The molecule has 0 saturated carbocycles. The Labute approximate surface area is 103 Å². The van der Waals surface area contributed by atoms with E-state index in [4.69, 9.17) is 4.74 Å². The molecule has 0 amide bonds. The van der Waals surface area contributed by atoms with Gasteiger partial charge in [0.05, 0.1) is 31.5 Å². The lowest BCUT2D eigenvalue weighted by atomic mass is 10.1. The second-order valence-corrected chi connectivity index (χ2v) is 4.98. The summed E-state index contributed by atoms with van der Waals surface area (Å²) in [5.74, 6) is 0. The molecule has 3 heterocycles. The van der Waals surface area contributed by atoms with Crippen LogP contribution in [0.25, 0.3) is 0 Å². The van der Waals surface area contributed by atoms with Gasteiger partial charge in [-0.25, -0.2) is 4.98 Å². The molecule has 90 valence electrons. The third-order valence-corrected chi connectivity index (χ3v) is 3.71. The summed E-state index contributed by atoms with van der Waals surface area (Å²) in [5.41, 5.74) is 1.11. The van der Waals surface area contributed by atoms with E-state index in [1.807, 2.05) is 17.6 Å². The summed E-state index contributed by atoms with van der Waals surface area (Å²) in [4.78, 5) is 6.72. The molecule has 1 aliphatic rings. The number of ether oxygens (including phenoxy) is 1. The maximum absolute atomic E-state index is 5.55. The SMILES string of the molecule is c1cc([C@@H]2COCCN2Cc2nccs2)[nH]n1. The molecule has 1 fully saturated rings. The van der Waals surface area contributed by atoms with Crippen LogP contribution in [0, 0.1) is 0 Å². The van der Waals surface area contributed by atoms with Crippen molar-refractivity contribution >= 4 is 11.3 Å². The van der Waals surface area contributed by atoms with E-state index in [0.29, 0.717) is 6.61 Å². The first-order valence-electron chi connectivity index (χ1n) is 5.63. The molecule has 0 bridgehead atoms. The first kappa shape index (κ1) is 10.9. The van der Waals surface area contributed by atoms with Gasteiger partial charge in [0.2, 0.25) is 0 Å². The molecule has 0 radical (unpaired) electrons. The molecule has 1 N–H and O–H groups in total. The zero-order valence-electron chi connectivity index (χ0n) is 9.37. The number of nitrogens with zero attached hydrogens (tertiary/aromatic N) is 3. The van der Waals surface area contributed by atoms with E-state index in [1.165, 1.54) is 0 Å². The highest BCUT2D eigenvalue weighted by Crippen LogP contribution is 2.24. The van der Waals surface area contributed by atoms with E-state index in [1.54, 1.807) is 17.5 Å². The Morgan fingerprint density at radius 3 is 3.29 bits per heavy atom. The van der Waals surface area contributed by atoms with Crippen LogP contribution in [0.4, 0.5) is 0 Å². The Balaban J connectivity index is 1.76. The Kier molecular flexibility index (Phi) is 3.17. The Morgan fingerprint density at radius 1 is 1.53 bits per heavy atom. The highest BCUT2D eigenvalue weighted by molar-refractivity contribution is 7.09. The predicted octanol–water partition coefficient (Wildman–Crippen LogP) is 1.44. The first-order valence-corrected chi connectivity index (χ1v) is 6.51. The van der Waals surface area contributed by atoms with Gasteiger partial charge in [-0.1, -0.05) is 0 Å². The lowest BCUT2D eigenvalue weighted by Crippen LogP contribution is -2.39. The van der Waals surface area contributed by atoms with Crippen LogP contribution in [0.3, 0.4) is 0 Å². The standard InChI is InChI=1S/C11H14N4OS/c1-2-13-14-9(1)10-8-16-5-4-15(10)7-11-12-3-6-17-11/h1-3,6,10H,4-5,7-8H2,(H,13,14)/t10-/m0/s1. The topological polar surface area (TPSA) is 54.0 Å². The van der Waals surface area contributed by atoms with Gasteiger partial charge in [-0.15, -0.1) is 11.3 Å². The van der Waals surface area contributed by atoms with Crippen LogP contribution in [-0.2, 0) is 11.3 Å². The lowest BCUT2D eigenvalue weighted by Gasteiger charge is -2.34. The van der Waals surface area contributed by atoms with E-state index in [0.717, 1.165) is 30.4 Å². The van der Waals surface area contributed by atoms with Crippen molar-refractivity contribution in [2.24, 2.45) is 0 Å². The van der Waals surface area contributed by atoms with Crippen molar-refractivity contribution in [3.8, 4) is 0 Å². The van der Waals surface area contributed by atoms with Gasteiger partial charge in [0.25, 0.3) is 0 Å². The number of aromatic amines is 1. The van der Waals surface area contributed by atoms with Gasteiger partial charge < -0.3 is 4.74 Å². The van der Waals surface area contributed by atoms with Crippen molar-refractivity contribution in [1.29, 1.82) is 0 Å². The molecule has 3 rings (SSSR count). The van der Waals surface area contributed by atoms with Crippen LogP contribution in [0.15, 0.2) is 23.8 Å². The Bertz CT molecular complexity index is 442. The zero-order chi connectivity index (χ0) is 11.5. The molecule has 1 aliphatic heterocycles. The average molecular weight is 250 g/mol. The lowest BCUT2D eigenvalue weighted by molar-refractivity contribution is -0.0143. The fraction of sp³-hybridized carbons (Fsp3) is 0.455. The van der Waals surface area contributed by atoms with E-state index in [2.05, 4.69) is 20.1 Å².